The molecule has 0 aliphatic carbocycles. The van der Waals surface area contributed by atoms with E-state index in [1.807, 2.05) is 13.0 Å². The molecule has 0 bridgehead atoms. The molecule has 1 unspecified atom stereocenters. The minimum Gasteiger partial charge on any atom is -0.469 e. The van der Waals surface area contributed by atoms with Crippen LogP contribution in [0.2, 0.25) is 0 Å². The molecule has 0 saturated carbocycles. The number of aryl methyl sites for hydroxylation is 1. The van der Waals surface area contributed by atoms with Gasteiger partial charge in [0.25, 0.3) is 0 Å². The highest BCUT2D eigenvalue weighted by Crippen LogP contribution is 2.24. The molecule has 104 valence electrons. The Morgan fingerprint density at radius 2 is 2.06 bits per heavy atom. The molecule has 0 radical (unpaired) electrons. The molecular formula is C15H28N2O. The molecule has 0 fully saturated rings. The number of nitrogens with zero attached hydrogens (tertiary/aromatic N) is 1. The predicted octanol–water partition coefficient (Wildman–Crippen LogP) is 3.03. The zero-order chi connectivity index (χ0) is 13.8. The standard InChI is InChI=1S/C15H28N2O/c1-12-14(6-7-18-12)11-17(5)10-13(9-16)8-15(2,3)4/h6-7,13H,8-11,16H2,1-5H3. The highest BCUT2D eigenvalue weighted by molar-refractivity contribution is 5.14. The molecule has 2 N–H and O–H groups in total. The van der Waals surface area contributed by atoms with E-state index in [4.69, 9.17) is 10.2 Å². The summed E-state index contributed by atoms with van der Waals surface area (Å²) in [5, 5.41) is 0. The second-order valence-electron chi connectivity index (χ2n) is 6.57. The van der Waals surface area contributed by atoms with Gasteiger partial charge in [0.05, 0.1) is 6.26 Å². The normalized spacial score (nSPS) is 14.2. The van der Waals surface area contributed by atoms with Crippen LogP contribution in [-0.4, -0.2) is 25.0 Å². The molecule has 1 rings (SSSR count). The van der Waals surface area contributed by atoms with Gasteiger partial charge in [-0.2, -0.15) is 0 Å². The Hall–Kier alpha value is -0.800. The zero-order valence-corrected chi connectivity index (χ0v) is 12.5. The Balaban J connectivity index is 2.47. The van der Waals surface area contributed by atoms with Crippen LogP contribution in [0.25, 0.3) is 0 Å². The quantitative estimate of drug-likeness (QED) is 0.846. The Morgan fingerprint density at radius 3 is 2.50 bits per heavy atom. The topological polar surface area (TPSA) is 42.4 Å². The van der Waals surface area contributed by atoms with Crippen molar-refractivity contribution in [2.75, 3.05) is 20.1 Å². The molecule has 3 nitrogen and oxygen atoms in total. The van der Waals surface area contributed by atoms with Gasteiger partial charge in [-0.25, -0.2) is 0 Å². The molecule has 1 aromatic heterocycles. The van der Waals surface area contributed by atoms with Gasteiger partial charge < -0.3 is 15.1 Å². The first-order valence-electron chi connectivity index (χ1n) is 6.73. The van der Waals surface area contributed by atoms with Gasteiger partial charge in [0.2, 0.25) is 0 Å². The lowest BCUT2D eigenvalue weighted by atomic mass is 9.84. The first-order chi connectivity index (χ1) is 8.31. The fourth-order valence-electron chi connectivity index (χ4n) is 2.46. The summed E-state index contributed by atoms with van der Waals surface area (Å²) in [5.41, 5.74) is 7.50. The summed E-state index contributed by atoms with van der Waals surface area (Å²) >= 11 is 0. The maximum Gasteiger partial charge on any atom is 0.105 e. The van der Waals surface area contributed by atoms with Crippen LogP contribution >= 0.6 is 0 Å². The van der Waals surface area contributed by atoms with Crippen molar-refractivity contribution in [3.63, 3.8) is 0 Å². The molecule has 0 aliphatic rings. The Kier molecular flexibility index (Phi) is 5.42. The molecule has 0 saturated heterocycles. The van der Waals surface area contributed by atoms with Gasteiger partial charge in [-0.15, -0.1) is 0 Å². The molecule has 1 aromatic rings. The smallest absolute Gasteiger partial charge is 0.105 e. The highest BCUT2D eigenvalue weighted by Gasteiger charge is 2.19. The molecular weight excluding hydrogens is 224 g/mol. The van der Waals surface area contributed by atoms with Crippen LogP contribution in [-0.2, 0) is 6.54 Å². The van der Waals surface area contributed by atoms with E-state index < -0.39 is 0 Å². The van der Waals surface area contributed by atoms with Gasteiger partial charge in [-0.05, 0) is 44.3 Å². The van der Waals surface area contributed by atoms with E-state index >= 15 is 0 Å². The zero-order valence-electron chi connectivity index (χ0n) is 12.5. The van der Waals surface area contributed by atoms with Crippen molar-refractivity contribution in [1.82, 2.24) is 4.90 Å². The second kappa shape index (κ2) is 6.39. The van der Waals surface area contributed by atoms with Crippen molar-refractivity contribution in [3.8, 4) is 0 Å². The average Bonchev–Trinajstić information content (AvgIpc) is 2.61. The third-order valence-electron chi connectivity index (χ3n) is 3.21. The van der Waals surface area contributed by atoms with Gasteiger partial charge in [-0.3, -0.25) is 0 Å². The fourth-order valence-corrected chi connectivity index (χ4v) is 2.46. The van der Waals surface area contributed by atoms with Crippen LogP contribution in [0.1, 0.15) is 38.5 Å². The van der Waals surface area contributed by atoms with Crippen molar-refractivity contribution < 1.29 is 4.42 Å². The lowest BCUT2D eigenvalue weighted by Gasteiger charge is -2.28. The van der Waals surface area contributed by atoms with Gasteiger partial charge >= 0.3 is 0 Å². The predicted molar refractivity (Wildman–Crippen MR) is 76.4 cm³/mol. The minimum atomic E-state index is 0.344. The van der Waals surface area contributed by atoms with E-state index in [1.54, 1.807) is 6.26 Å². The van der Waals surface area contributed by atoms with Crippen molar-refractivity contribution in [1.29, 1.82) is 0 Å². The molecule has 1 heterocycles. The lowest BCUT2D eigenvalue weighted by Crippen LogP contribution is -2.32. The van der Waals surface area contributed by atoms with E-state index in [-0.39, 0.29) is 0 Å². The van der Waals surface area contributed by atoms with E-state index in [1.165, 1.54) is 5.56 Å². The molecule has 0 amide bonds. The van der Waals surface area contributed by atoms with E-state index in [0.29, 0.717) is 11.3 Å². The van der Waals surface area contributed by atoms with E-state index in [9.17, 15) is 0 Å². The van der Waals surface area contributed by atoms with Gasteiger partial charge in [0.15, 0.2) is 0 Å². The molecule has 3 heteroatoms. The molecule has 0 spiro atoms. The van der Waals surface area contributed by atoms with Crippen molar-refractivity contribution >= 4 is 0 Å². The summed E-state index contributed by atoms with van der Waals surface area (Å²) in [6, 6.07) is 2.05. The Morgan fingerprint density at radius 1 is 1.39 bits per heavy atom. The summed E-state index contributed by atoms with van der Waals surface area (Å²) in [6.07, 6.45) is 2.92. The van der Waals surface area contributed by atoms with Crippen molar-refractivity contribution in [3.05, 3.63) is 23.7 Å². The summed E-state index contributed by atoms with van der Waals surface area (Å²) in [4.78, 5) is 2.33. The number of rotatable bonds is 6. The molecule has 1 atom stereocenters. The average molecular weight is 252 g/mol. The number of hydrogen-bond donors (Lipinski definition) is 1. The van der Waals surface area contributed by atoms with E-state index in [2.05, 4.69) is 32.7 Å². The number of furan rings is 1. The summed E-state index contributed by atoms with van der Waals surface area (Å²) in [5.74, 6) is 1.57. The third-order valence-corrected chi connectivity index (χ3v) is 3.21. The van der Waals surface area contributed by atoms with Gasteiger partial charge in [0, 0.05) is 18.7 Å². The van der Waals surface area contributed by atoms with Crippen LogP contribution in [0, 0.1) is 18.3 Å². The van der Waals surface area contributed by atoms with Crippen LogP contribution in [0.4, 0.5) is 0 Å². The minimum absolute atomic E-state index is 0.344. The van der Waals surface area contributed by atoms with Gasteiger partial charge in [0.1, 0.15) is 5.76 Å². The van der Waals surface area contributed by atoms with Crippen LogP contribution in [0.5, 0.6) is 0 Å². The monoisotopic (exact) mass is 252 g/mol. The Bertz CT molecular complexity index is 352. The maximum atomic E-state index is 5.89. The highest BCUT2D eigenvalue weighted by atomic mass is 16.3. The lowest BCUT2D eigenvalue weighted by molar-refractivity contribution is 0.216. The summed E-state index contributed by atoms with van der Waals surface area (Å²) in [6.45, 7) is 11.6. The first kappa shape index (κ1) is 15.3. The van der Waals surface area contributed by atoms with Crippen molar-refractivity contribution in [2.45, 2.75) is 40.7 Å². The van der Waals surface area contributed by atoms with Crippen LogP contribution in [0.3, 0.4) is 0 Å². The van der Waals surface area contributed by atoms with Crippen LogP contribution < -0.4 is 5.73 Å². The molecule has 0 aromatic carbocycles. The van der Waals surface area contributed by atoms with Crippen molar-refractivity contribution in [2.24, 2.45) is 17.1 Å². The molecule has 18 heavy (non-hydrogen) atoms. The SMILES string of the molecule is Cc1occc1CN(C)CC(CN)CC(C)(C)C. The number of hydrogen-bond acceptors (Lipinski definition) is 3. The fraction of sp³-hybridized carbons (Fsp3) is 0.733. The van der Waals surface area contributed by atoms with Crippen LogP contribution in [0.15, 0.2) is 16.7 Å². The summed E-state index contributed by atoms with van der Waals surface area (Å²) < 4.78 is 5.33. The van der Waals surface area contributed by atoms with E-state index in [0.717, 1.165) is 31.8 Å². The molecule has 0 aliphatic heterocycles. The third kappa shape index (κ3) is 5.23. The largest absolute Gasteiger partial charge is 0.469 e. The second-order valence-corrected chi connectivity index (χ2v) is 6.57. The Labute approximate surface area is 111 Å². The van der Waals surface area contributed by atoms with Gasteiger partial charge in [-0.1, -0.05) is 20.8 Å². The maximum absolute atomic E-state index is 5.89. The summed E-state index contributed by atoms with van der Waals surface area (Å²) in [7, 11) is 2.15. The number of nitrogens with two attached hydrogens (primary N) is 1. The first-order valence-corrected chi connectivity index (χ1v) is 6.73.